The summed E-state index contributed by atoms with van der Waals surface area (Å²) in [6.07, 6.45) is 6.91. The molecule has 1 N–H and O–H groups in total. The molecule has 0 heterocycles. The smallest absolute Gasteiger partial charge is 0.333 e. The van der Waals surface area contributed by atoms with Gasteiger partial charge in [-0.3, -0.25) is 4.79 Å². The van der Waals surface area contributed by atoms with Crippen molar-refractivity contribution in [3.8, 4) is 11.8 Å². The van der Waals surface area contributed by atoms with E-state index in [1.807, 2.05) is 30.3 Å². The monoisotopic (exact) mass is 432 g/mol. The lowest BCUT2D eigenvalue weighted by Crippen LogP contribution is -2.07. The first-order chi connectivity index (χ1) is 15.5. The van der Waals surface area contributed by atoms with E-state index in [4.69, 9.17) is 14.7 Å². The molecule has 0 unspecified atom stereocenters. The summed E-state index contributed by atoms with van der Waals surface area (Å²) in [5.74, 6) is 0.197. The molecule has 32 heavy (non-hydrogen) atoms. The third kappa shape index (κ3) is 9.31. The normalized spacial score (nSPS) is 10.4. The second kappa shape index (κ2) is 13.5. The van der Waals surface area contributed by atoms with E-state index in [-0.39, 0.29) is 11.9 Å². The third-order valence-corrected chi connectivity index (χ3v) is 4.48. The largest absolute Gasteiger partial charge is 0.494 e. The van der Waals surface area contributed by atoms with Crippen LogP contribution in [-0.2, 0) is 14.3 Å². The van der Waals surface area contributed by atoms with Gasteiger partial charge in [0.25, 0.3) is 0 Å². The summed E-state index contributed by atoms with van der Waals surface area (Å²) in [5.41, 5.74) is 2.49. The zero-order valence-electron chi connectivity index (χ0n) is 18.3. The van der Waals surface area contributed by atoms with E-state index in [1.165, 1.54) is 6.08 Å². The molecule has 0 saturated heterocycles. The number of anilines is 1. The van der Waals surface area contributed by atoms with Crippen LogP contribution in [0.15, 0.2) is 66.8 Å². The maximum atomic E-state index is 12.0. The quantitative estimate of drug-likeness (QED) is 0.280. The summed E-state index contributed by atoms with van der Waals surface area (Å²) in [5, 5.41) is 11.5. The molecule has 6 heteroatoms. The van der Waals surface area contributed by atoms with Gasteiger partial charge in [0.15, 0.2) is 0 Å². The fourth-order valence-corrected chi connectivity index (χ4v) is 2.69. The van der Waals surface area contributed by atoms with E-state index >= 15 is 0 Å². The number of esters is 1. The number of nitrogens with zero attached hydrogens (tertiary/aromatic N) is 1. The van der Waals surface area contributed by atoms with Gasteiger partial charge < -0.3 is 14.8 Å². The number of carbonyl (C=O) groups is 2. The number of hydrogen-bond acceptors (Lipinski definition) is 5. The van der Waals surface area contributed by atoms with Crippen molar-refractivity contribution in [1.29, 1.82) is 5.26 Å². The number of nitriles is 1. The molecule has 1 amide bonds. The SMILES string of the molecule is C=C(C)C(=O)OCCCCCCOc1ccc(/C=C/C(=O)Nc2ccc(C#N)cc2)cc1. The molecular weight excluding hydrogens is 404 g/mol. The Morgan fingerprint density at radius 2 is 1.66 bits per heavy atom. The average molecular weight is 433 g/mol. The van der Waals surface area contributed by atoms with Crippen LogP contribution in [0.3, 0.4) is 0 Å². The minimum Gasteiger partial charge on any atom is -0.494 e. The van der Waals surface area contributed by atoms with E-state index in [9.17, 15) is 9.59 Å². The Bertz CT molecular complexity index is 970. The van der Waals surface area contributed by atoms with Crippen LogP contribution in [0.4, 0.5) is 5.69 Å². The summed E-state index contributed by atoms with van der Waals surface area (Å²) >= 11 is 0. The standard InChI is InChI=1S/C26H28N2O4/c1-20(2)26(30)32-18-6-4-3-5-17-31-24-14-9-21(10-15-24)11-16-25(29)28-23-12-7-22(19-27)8-13-23/h7-16H,1,3-6,17-18H2,2H3,(H,28,29)/b16-11+. The number of benzene rings is 2. The number of hydrogen-bond donors (Lipinski definition) is 1. The maximum absolute atomic E-state index is 12.0. The number of amides is 1. The predicted octanol–water partition coefficient (Wildman–Crippen LogP) is 5.27. The lowest BCUT2D eigenvalue weighted by molar-refractivity contribution is -0.139. The Balaban J connectivity index is 1.63. The molecule has 0 spiro atoms. The van der Waals surface area contributed by atoms with Gasteiger partial charge >= 0.3 is 5.97 Å². The van der Waals surface area contributed by atoms with Crippen LogP contribution in [0.2, 0.25) is 0 Å². The lowest BCUT2D eigenvalue weighted by Gasteiger charge is -2.07. The molecular formula is C26H28N2O4. The zero-order valence-corrected chi connectivity index (χ0v) is 18.3. The van der Waals surface area contributed by atoms with E-state index in [1.54, 1.807) is 37.3 Å². The number of nitrogens with one attached hydrogen (secondary N) is 1. The molecule has 0 aliphatic carbocycles. The first kappa shape index (κ1) is 24.4. The molecule has 0 radical (unpaired) electrons. The highest BCUT2D eigenvalue weighted by atomic mass is 16.5. The summed E-state index contributed by atoms with van der Waals surface area (Å²) < 4.78 is 10.8. The van der Waals surface area contributed by atoms with Gasteiger partial charge in [-0.15, -0.1) is 0 Å². The van der Waals surface area contributed by atoms with Crippen molar-refractivity contribution in [2.75, 3.05) is 18.5 Å². The van der Waals surface area contributed by atoms with Crippen LogP contribution in [0.25, 0.3) is 6.08 Å². The molecule has 2 aromatic rings. The fraction of sp³-hybridized carbons (Fsp3) is 0.269. The van der Waals surface area contributed by atoms with Gasteiger partial charge in [0.2, 0.25) is 5.91 Å². The van der Waals surface area contributed by atoms with Crippen molar-refractivity contribution in [2.45, 2.75) is 32.6 Å². The maximum Gasteiger partial charge on any atom is 0.333 e. The van der Waals surface area contributed by atoms with Crippen molar-refractivity contribution in [1.82, 2.24) is 0 Å². The highest BCUT2D eigenvalue weighted by molar-refractivity contribution is 6.01. The summed E-state index contributed by atoms with van der Waals surface area (Å²) in [4.78, 5) is 23.3. The van der Waals surface area contributed by atoms with Crippen molar-refractivity contribution in [3.05, 3.63) is 77.9 Å². The molecule has 2 aromatic carbocycles. The van der Waals surface area contributed by atoms with Gasteiger partial charge in [0.05, 0.1) is 24.8 Å². The van der Waals surface area contributed by atoms with Crippen molar-refractivity contribution >= 4 is 23.6 Å². The second-order valence-electron chi connectivity index (χ2n) is 7.26. The predicted molar refractivity (Wildman–Crippen MR) is 125 cm³/mol. The Hall–Kier alpha value is -3.85. The molecule has 0 aromatic heterocycles. The second-order valence-corrected chi connectivity index (χ2v) is 7.26. The minimum atomic E-state index is -0.335. The molecule has 6 nitrogen and oxygen atoms in total. The molecule has 0 saturated carbocycles. The van der Waals surface area contributed by atoms with E-state index in [0.717, 1.165) is 37.0 Å². The van der Waals surface area contributed by atoms with Crippen LogP contribution in [0.1, 0.15) is 43.7 Å². The van der Waals surface area contributed by atoms with Crippen LogP contribution >= 0.6 is 0 Å². The van der Waals surface area contributed by atoms with Crippen molar-refractivity contribution in [3.63, 3.8) is 0 Å². The van der Waals surface area contributed by atoms with Crippen LogP contribution in [0, 0.1) is 11.3 Å². The van der Waals surface area contributed by atoms with Crippen molar-refractivity contribution in [2.24, 2.45) is 0 Å². The van der Waals surface area contributed by atoms with Gasteiger partial charge in [0.1, 0.15) is 5.75 Å². The number of carbonyl (C=O) groups excluding carboxylic acids is 2. The van der Waals surface area contributed by atoms with Crippen LogP contribution in [-0.4, -0.2) is 25.1 Å². The molecule has 166 valence electrons. The Labute approximate surface area is 189 Å². The van der Waals surface area contributed by atoms with E-state index in [0.29, 0.717) is 30.0 Å². The summed E-state index contributed by atoms with van der Waals surface area (Å²) in [7, 11) is 0. The fourth-order valence-electron chi connectivity index (χ4n) is 2.69. The summed E-state index contributed by atoms with van der Waals surface area (Å²) in [6, 6.07) is 16.2. The zero-order chi connectivity index (χ0) is 23.2. The molecule has 0 atom stereocenters. The lowest BCUT2D eigenvalue weighted by atomic mass is 10.2. The Kier molecular flexibility index (Phi) is 10.3. The minimum absolute atomic E-state index is 0.246. The van der Waals surface area contributed by atoms with Crippen LogP contribution < -0.4 is 10.1 Å². The number of ether oxygens (including phenoxy) is 2. The molecule has 0 aliphatic rings. The summed E-state index contributed by atoms with van der Waals surface area (Å²) in [6.45, 7) is 6.23. The topological polar surface area (TPSA) is 88.4 Å². The number of unbranched alkanes of at least 4 members (excludes halogenated alkanes) is 3. The van der Waals surface area contributed by atoms with Gasteiger partial charge in [-0.2, -0.15) is 5.26 Å². The third-order valence-electron chi connectivity index (χ3n) is 4.48. The van der Waals surface area contributed by atoms with Gasteiger partial charge in [-0.05, 0) is 80.6 Å². The first-order valence-corrected chi connectivity index (χ1v) is 10.5. The Morgan fingerprint density at radius 3 is 2.28 bits per heavy atom. The molecule has 0 fully saturated rings. The molecule has 0 aliphatic heterocycles. The molecule has 0 bridgehead atoms. The van der Waals surface area contributed by atoms with E-state index in [2.05, 4.69) is 11.9 Å². The Morgan fingerprint density at radius 1 is 1.00 bits per heavy atom. The highest BCUT2D eigenvalue weighted by Crippen LogP contribution is 2.15. The van der Waals surface area contributed by atoms with E-state index < -0.39 is 0 Å². The highest BCUT2D eigenvalue weighted by Gasteiger charge is 2.02. The van der Waals surface area contributed by atoms with Crippen molar-refractivity contribution < 1.29 is 19.1 Å². The van der Waals surface area contributed by atoms with Gasteiger partial charge in [-0.25, -0.2) is 4.79 Å². The van der Waals surface area contributed by atoms with Gasteiger partial charge in [-0.1, -0.05) is 18.7 Å². The first-order valence-electron chi connectivity index (χ1n) is 10.5. The van der Waals surface area contributed by atoms with Crippen LogP contribution in [0.5, 0.6) is 5.75 Å². The molecule has 2 rings (SSSR count). The average Bonchev–Trinajstić information content (AvgIpc) is 2.80. The number of rotatable bonds is 12. The van der Waals surface area contributed by atoms with Gasteiger partial charge in [0, 0.05) is 17.3 Å².